The fraction of sp³-hybridized carbons (Fsp3) is 0.350. The summed E-state index contributed by atoms with van der Waals surface area (Å²) in [6.07, 6.45) is 5.57. The fourth-order valence-corrected chi connectivity index (χ4v) is 4.45. The lowest BCUT2D eigenvalue weighted by Crippen LogP contribution is -2.56. The van der Waals surface area contributed by atoms with Crippen LogP contribution in [0.2, 0.25) is 0 Å². The van der Waals surface area contributed by atoms with Gasteiger partial charge in [-0.2, -0.15) is 0 Å². The highest BCUT2D eigenvalue weighted by atomic mass is 16.2. The van der Waals surface area contributed by atoms with Gasteiger partial charge >= 0.3 is 0 Å². The van der Waals surface area contributed by atoms with E-state index in [9.17, 15) is 4.79 Å². The van der Waals surface area contributed by atoms with Gasteiger partial charge < -0.3 is 20.5 Å². The van der Waals surface area contributed by atoms with Crippen LogP contribution in [0.25, 0.3) is 11.0 Å². The number of benzene rings is 1. The van der Waals surface area contributed by atoms with Gasteiger partial charge in [0.25, 0.3) is 5.91 Å². The van der Waals surface area contributed by atoms with Crippen molar-refractivity contribution in [3.8, 4) is 0 Å². The first-order valence-electron chi connectivity index (χ1n) is 9.39. The van der Waals surface area contributed by atoms with Gasteiger partial charge in [0.15, 0.2) is 0 Å². The van der Waals surface area contributed by atoms with E-state index in [4.69, 9.17) is 5.73 Å². The molecule has 2 atom stereocenters. The SMILES string of the molecule is NCc1ccc(C(=O)N2C3CCC2CN(c2ncnc4[nH]ccc24)C3)cc1. The van der Waals surface area contributed by atoms with Gasteiger partial charge in [0.2, 0.25) is 0 Å². The predicted octanol–water partition coefficient (Wildman–Crippen LogP) is 1.91. The number of aromatic nitrogens is 3. The number of carbonyl (C=O) groups is 1. The van der Waals surface area contributed by atoms with E-state index in [0.29, 0.717) is 6.54 Å². The molecule has 7 heteroatoms. The number of fused-ring (bicyclic) bond motifs is 3. The molecule has 0 aliphatic carbocycles. The Hall–Kier alpha value is -2.93. The van der Waals surface area contributed by atoms with Gasteiger partial charge in [0, 0.05) is 31.4 Å². The topological polar surface area (TPSA) is 91.1 Å². The summed E-state index contributed by atoms with van der Waals surface area (Å²) in [4.78, 5) is 29.5. The molecule has 7 nitrogen and oxygen atoms in total. The standard InChI is InChI=1S/C20H22N6O/c21-9-13-1-3-14(4-2-13)20(27)26-15-5-6-16(26)11-25(10-15)19-17-7-8-22-18(17)23-12-24-19/h1-4,7-8,12,15-16H,5-6,9-11,21H2,(H,22,23,24). The van der Waals surface area contributed by atoms with Crippen molar-refractivity contribution >= 4 is 22.8 Å². The summed E-state index contributed by atoms with van der Waals surface area (Å²) in [6.45, 7) is 2.10. The first kappa shape index (κ1) is 16.3. The molecule has 3 N–H and O–H groups in total. The molecule has 1 amide bonds. The lowest BCUT2D eigenvalue weighted by molar-refractivity contribution is 0.0641. The average Bonchev–Trinajstić information content (AvgIpc) is 3.29. The quantitative estimate of drug-likeness (QED) is 0.743. The van der Waals surface area contributed by atoms with Gasteiger partial charge in [0.1, 0.15) is 17.8 Å². The average molecular weight is 362 g/mol. The zero-order valence-electron chi connectivity index (χ0n) is 15.0. The molecule has 2 saturated heterocycles. The minimum atomic E-state index is 0.125. The zero-order chi connectivity index (χ0) is 18.4. The summed E-state index contributed by atoms with van der Waals surface area (Å²) in [5.41, 5.74) is 8.30. The highest BCUT2D eigenvalue weighted by Gasteiger charge is 2.43. The summed E-state index contributed by atoms with van der Waals surface area (Å²) in [5.74, 6) is 1.08. The van der Waals surface area contributed by atoms with Crippen molar-refractivity contribution in [2.75, 3.05) is 18.0 Å². The van der Waals surface area contributed by atoms with Crippen LogP contribution >= 0.6 is 0 Å². The predicted molar refractivity (Wildman–Crippen MR) is 103 cm³/mol. The van der Waals surface area contributed by atoms with Crippen LogP contribution in [0, 0.1) is 0 Å². The van der Waals surface area contributed by atoms with Crippen molar-refractivity contribution < 1.29 is 4.79 Å². The van der Waals surface area contributed by atoms with Crippen LogP contribution in [0.15, 0.2) is 42.9 Å². The Morgan fingerprint density at radius 2 is 1.85 bits per heavy atom. The van der Waals surface area contributed by atoms with Gasteiger partial charge in [0.05, 0.1) is 17.5 Å². The molecule has 138 valence electrons. The van der Waals surface area contributed by atoms with E-state index >= 15 is 0 Å². The molecule has 4 heterocycles. The number of amides is 1. The summed E-state index contributed by atoms with van der Waals surface area (Å²) in [5, 5.41) is 1.04. The monoisotopic (exact) mass is 362 g/mol. The molecule has 0 radical (unpaired) electrons. The number of rotatable bonds is 3. The number of piperazine rings is 1. The van der Waals surface area contributed by atoms with Gasteiger partial charge in [-0.25, -0.2) is 9.97 Å². The maximum atomic E-state index is 13.1. The number of nitrogens with two attached hydrogens (primary N) is 1. The zero-order valence-corrected chi connectivity index (χ0v) is 15.0. The molecular formula is C20H22N6O. The largest absolute Gasteiger partial charge is 0.352 e. The van der Waals surface area contributed by atoms with Crippen molar-refractivity contribution in [3.63, 3.8) is 0 Å². The summed E-state index contributed by atoms with van der Waals surface area (Å²) in [7, 11) is 0. The van der Waals surface area contributed by atoms with Crippen LogP contribution < -0.4 is 10.6 Å². The van der Waals surface area contributed by atoms with Crippen molar-refractivity contribution in [2.24, 2.45) is 5.73 Å². The summed E-state index contributed by atoms with van der Waals surface area (Å²) >= 11 is 0. The first-order chi connectivity index (χ1) is 13.2. The molecule has 3 aromatic rings. The van der Waals surface area contributed by atoms with E-state index in [0.717, 1.165) is 53.9 Å². The molecule has 2 aromatic heterocycles. The molecule has 2 fully saturated rings. The maximum Gasteiger partial charge on any atom is 0.254 e. The molecule has 27 heavy (non-hydrogen) atoms. The van der Waals surface area contributed by atoms with Gasteiger partial charge in [-0.1, -0.05) is 12.1 Å². The number of hydrogen-bond acceptors (Lipinski definition) is 5. The second kappa shape index (κ2) is 6.35. The number of hydrogen-bond donors (Lipinski definition) is 2. The molecular weight excluding hydrogens is 340 g/mol. The summed E-state index contributed by atoms with van der Waals surface area (Å²) in [6, 6.07) is 10.1. The number of anilines is 1. The Bertz CT molecular complexity index is 968. The van der Waals surface area contributed by atoms with Crippen molar-refractivity contribution in [1.82, 2.24) is 19.9 Å². The van der Waals surface area contributed by atoms with E-state index in [1.165, 1.54) is 0 Å². The first-order valence-corrected chi connectivity index (χ1v) is 9.39. The fourth-order valence-electron chi connectivity index (χ4n) is 4.45. The molecule has 2 bridgehead atoms. The van der Waals surface area contributed by atoms with Crippen LogP contribution in [0.3, 0.4) is 0 Å². The van der Waals surface area contributed by atoms with Gasteiger partial charge in [-0.15, -0.1) is 0 Å². The molecule has 0 saturated carbocycles. The Kier molecular flexibility index (Phi) is 3.82. The normalized spacial score (nSPS) is 21.8. The van der Waals surface area contributed by atoms with Crippen LogP contribution in [0.4, 0.5) is 5.82 Å². The van der Waals surface area contributed by atoms with Crippen LogP contribution in [-0.2, 0) is 6.54 Å². The molecule has 2 aliphatic heterocycles. The van der Waals surface area contributed by atoms with Crippen LogP contribution in [0.5, 0.6) is 0 Å². The molecule has 0 spiro atoms. The van der Waals surface area contributed by atoms with E-state index in [1.807, 2.05) is 36.5 Å². The second-order valence-corrected chi connectivity index (χ2v) is 7.34. The Labute approximate surface area is 157 Å². The lowest BCUT2D eigenvalue weighted by atomic mass is 10.1. The highest BCUT2D eigenvalue weighted by molar-refractivity contribution is 5.95. The van der Waals surface area contributed by atoms with Crippen LogP contribution in [-0.4, -0.2) is 50.9 Å². The lowest BCUT2D eigenvalue weighted by Gasteiger charge is -2.41. The minimum Gasteiger partial charge on any atom is -0.352 e. The molecule has 2 unspecified atom stereocenters. The number of aromatic amines is 1. The molecule has 2 aliphatic rings. The van der Waals surface area contributed by atoms with Crippen molar-refractivity contribution in [2.45, 2.75) is 31.5 Å². The maximum absolute atomic E-state index is 13.1. The number of H-pyrrole nitrogens is 1. The smallest absolute Gasteiger partial charge is 0.254 e. The summed E-state index contributed by atoms with van der Waals surface area (Å²) < 4.78 is 0. The van der Waals surface area contributed by atoms with Crippen LogP contribution in [0.1, 0.15) is 28.8 Å². The number of carbonyl (C=O) groups excluding carboxylic acids is 1. The molecule has 5 rings (SSSR count). The Morgan fingerprint density at radius 3 is 2.56 bits per heavy atom. The van der Waals surface area contributed by atoms with Crippen molar-refractivity contribution in [3.05, 3.63) is 54.0 Å². The Morgan fingerprint density at radius 1 is 1.11 bits per heavy atom. The minimum absolute atomic E-state index is 0.125. The van der Waals surface area contributed by atoms with E-state index in [-0.39, 0.29) is 18.0 Å². The third-order valence-electron chi connectivity index (χ3n) is 5.79. The number of nitrogens with one attached hydrogen (secondary N) is 1. The third kappa shape index (κ3) is 2.66. The number of nitrogens with zero attached hydrogens (tertiary/aromatic N) is 4. The van der Waals surface area contributed by atoms with Gasteiger partial charge in [-0.05, 0) is 36.6 Å². The van der Waals surface area contributed by atoms with Crippen molar-refractivity contribution in [1.29, 1.82) is 0 Å². The Balaban J connectivity index is 1.40. The van der Waals surface area contributed by atoms with E-state index < -0.39 is 0 Å². The molecule has 1 aromatic carbocycles. The van der Waals surface area contributed by atoms with E-state index in [1.54, 1.807) is 6.33 Å². The van der Waals surface area contributed by atoms with E-state index in [2.05, 4.69) is 24.8 Å². The third-order valence-corrected chi connectivity index (χ3v) is 5.79. The van der Waals surface area contributed by atoms with Gasteiger partial charge in [-0.3, -0.25) is 4.79 Å². The second-order valence-electron chi connectivity index (χ2n) is 7.34. The highest BCUT2D eigenvalue weighted by Crippen LogP contribution is 2.35.